The molecule has 0 aliphatic heterocycles. The van der Waals surface area contributed by atoms with Crippen LogP contribution in [0.4, 0.5) is 0 Å². The Morgan fingerprint density at radius 1 is 0.857 bits per heavy atom. The summed E-state index contributed by atoms with van der Waals surface area (Å²) >= 11 is 0. The third-order valence-corrected chi connectivity index (χ3v) is 4.36. The van der Waals surface area contributed by atoms with Crippen LogP contribution in [-0.4, -0.2) is 21.2 Å². The molecule has 2 aromatic carbocycles. The highest BCUT2D eigenvalue weighted by molar-refractivity contribution is 5.97. The molecule has 1 heterocycles. The summed E-state index contributed by atoms with van der Waals surface area (Å²) in [5.41, 5.74) is 4.26. The van der Waals surface area contributed by atoms with Crippen molar-refractivity contribution in [1.82, 2.24) is 15.1 Å². The van der Waals surface area contributed by atoms with Crippen LogP contribution in [0, 0.1) is 0 Å². The minimum Gasteiger partial charge on any atom is -0.347 e. The molecule has 0 unspecified atom stereocenters. The maximum atomic E-state index is 12.9. The molecule has 0 spiro atoms. The van der Waals surface area contributed by atoms with Crippen LogP contribution in [0.2, 0.25) is 0 Å². The molecule has 0 saturated heterocycles. The maximum absolute atomic E-state index is 12.9. The first kappa shape index (κ1) is 19.9. The van der Waals surface area contributed by atoms with Crippen molar-refractivity contribution in [2.45, 2.75) is 52.6 Å². The second-order valence-electron chi connectivity index (χ2n) is 9.17. The van der Waals surface area contributed by atoms with Gasteiger partial charge in [0.25, 0.3) is 5.91 Å². The van der Waals surface area contributed by atoms with Crippen molar-refractivity contribution in [3.05, 3.63) is 66.4 Å². The Balaban J connectivity index is 2.17. The predicted molar refractivity (Wildman–Crippen MR) is 115 cm³/mol. The van der Waals surface area contributed by atoms with Crippen molar-refractivity contribution >= 4 is 5.91 Å². The molecule has 3 aromatic rings. The number of rotatable bonds is 3. The molecule has 0 aliphatic rings. The van der Waals surface area contributed by atoms with Crippen LogP contribution in [0.1, 0.15) is 51.9 Å². The molecule has 4 heteroatoms. The number of hydrogen-bond donors (Lipinski definition) is 1. The van der Waals surface area contributed by atoms with Gasteiger partial charge in [0.2, 0.25) is 0 Å². The van der Waals surface area contributed by atoms with Gasteiger partial charge in [-0.25, -0.2) is 0 Å². The third kappa shape index (κ3) is 4.50. The van der Waals surface area contributed by atoms with Crippen molar-refractivity contribution in [3.63, 3.8) is 0 Å². The van der Waals surface area contributed by atoms with Crippen LogP contribution in [0.5, 0.6) is 0 Å². The summed E-state index contributed by atoms with van der Waals surface area (Å²) in [7, 11) is 0. The van der Waals surface area contributed by atoms with Gasteiger partial charge < -0.3 is 5.32 Å². The predicted octanol–water partition coefficient (Wildman–Crippen LogP) is 5.50. The standard InChI is InChI=1S/C24H29N3O/c1-23(2,3)26-22(28)20-15-18(17-10-8-7-9-11-17)14-19(16-20)21-12-13-25-27(21)24(4,5)6/h7-16H,1-6H3,(H,26,28). The molecule has 0 atom stereocenters. The SMILES string of the molecule is CC(C)(C)NC(=O)c1cc(-c2ccccc2)cc(-c2ccnn2C(C)(C)C)c1. The average Bonchev–Trinajstić information content (AvgIpc) is 3.11. The third-order valence-electron chi connectivity index (χ3n) is 4.36. The van der Waals surface area contributed by atoms with E-state index in [4.69, 9.17) is 0 Å². The van der Waals surface area contributed by atoms with Gasteiger partial charge in [-0.3, -0.25) is 9.48 Å². The molecule has 0 radical (unpaired) electrons. The fourth-order valence-corrected chi connectivity index (χ4v) is 3.17. The largest absolute Gasteiger partial charge is 0.347 e. The van der Waals surface area contributed by atoms with Crippen LogP contribution in [0.25, 0.3) is 22.4 Å². The zero-order valence-corrected chi connectivity index (χ0v) is 17.6. The van der Waals surface area contributed by atoms with Crippen molar-refractivity contribution in [2.24, 2.45) is 0 Å². The van der Waals surface area contributed by atoms with E-state index in [1.54, 1.807) is 0 Å². The van der Waals surface area contributed by atoms with Crippen LogP contribution in [0.15, 0.2) is 60.8 Å². The first-order valence-corrected chi connectivity index (χ1v) is 9.62. The monoisotopic (exact) mass is 375 g/mol. The number of hydrogen-bond acceptors (Lipinski definition) is 2. The summed E-state index contributed by atoms with van der Waals surface area (Å²) in [6.07, 6.45) is 1.81. The van der Waals surface area contributed by atoms with E-state index in [0.717, 1.165) is 22.4 Å². The fraction of sp³-hybridized carbons (Fsp3) is 0.333. The Labute approximate surface area is 167 Å². The topological polar surface area (TPSA) is 46.9 Å². The molecular weight excluding hydrogens is 346 g/mol. The summed E-state index contributed by atoms with van der Waals surface area (Å²) in [5, 5.41) is 7.59. The minimum absolute atomic E-state index is 0.0756. The lowest BCUT2D eigenvalue weighted by atomic mass is 9.97. The van der Waals surface area contributed by atoms with Gasteiger partial charge in [-0.15, -0.1) is 0 Å². The fourth-order valence-electron chi connectivity index (χ4n) is 3.17. The van der Waals surface area contributed by atoms with E-state index in [-0.39, 0.29) is 17.0 Å². The first-order chi connectivity index (χ1) is 13.0. The average molecular weight is 376 g/mol. The lowest BCUT2D eigenvalue weighted by Crippen LogP contribution is -2.40. The highest BCUT2D eigenvalue weighted by atomic mass is 16.1. The van der Waals surface area contributed by atoms with Crippen molar-refractivity contribution < 1.29 is 4.79 Å². The Hall–Kier alpha value is -2.88. The Morgan fingerprint density at radius 2 is 1.50 bits per heavy atom. The summed E-state index contributed by atoms with van der Waals surface area (Å²) in [5.74, 6) is -0.0756. The second kappa shape index (κ2) is 7.27. The highest BCUT2D eigenvalue weighted by Crippen LogP contribution is 2.31. The van der Waals surface area contributed by atoms with Crippen molar-refractivity contribution in [2.75, 3.05) is 0 Å². The molecular formula is C24H29N3O. The highest BCUT2D eigenvalue weighted by Gasteiger charge is 2.21. The Kier molecular flexibility index (Phi) is 5.16. The molecule has 3 rings (SSSR count). The molecule has 0 saturated carbocycles. The molecule has 0 bridgehead atoms. The minimum atomic E-state index is -0.298. The molecule has 146 valence electrons. The summed E-state index contributed by atoms with van der Waals surface area (Å²) in [6, 6.07) is 18.2. The zero-order valence-electron chi connectivity index (χ0n) is 17.6. The number of carbonyl (C=O) groups is 1. The molecule has 28 heavy (non-hydrogen) atoms. The molecule has 1 aromatic heterocycles. The Bertz CT molecular complexity index is 973. The van der Waals surface area contributed by atoms with Gasteiger partial charge in [0.15, 0.2) is 0 Å². The molecule has 0 aliphatic carbocycles. The van der Waals surface area contributed by atoms with Gasteiger partial charge in [-0.2, -0.15) is 5.10 Å². The molecule has 1 amide bonds. The molecule has 4 nitrogen and oxygen atoms in total. The van der Waals surface area contributed by atoms with Gasteiger partial charge >= 0.3 is 0 Å². The summed E-state index contributed by atoms with van der Waals surface area (Å²) in [4.78, 5) is 12.9. The molecule has 1 N–H and O–H groups in total. The number of nitrogens with one attached hydrogen (secondary N) is 1. The van der Waals surface area contributed by atoms with E-state index in [9.17, 15) is 4.79 Å². The first-order valence-electron chi connectivity index (χ1n) is 9.62. The van der Waals surface area contributed by atoms with Crippen LogP contribution in [0.3, 0.4) is 0 Å². The van der Waals surface area contributed by atoms with Gasteiger partial charge in [0.1, 0.15) is 0 Å². The number of amides is 1. The van der Waals surface area contributed by atoms with Crippen LogP contribution in [-0.2, 0) is 5.54 Å². The van der Waals surface area contributed by atoms with E-state index in [0.29, 0.717) is 5.56 Å². The summed E-state index contributed by atoms with van der Waals surface area (Å²) in [6.45, 7) is 12.3. The number of nitrogens with zero attached hydrogens (tertiary/aromatic N) is 2. The lowest BCUT2D eigenvalue weighted by molar-refractivity contribution is 0.0919. The van der Waals surface area contributed by atoms with Gasteiger partial charge in [0.05, 0.1) is 11.2 Å². The normalized spacial score (nSPS) is 12.1. The van der Waals surface area contributed by atoms with Crippen LogP contribution < -0.4 is 5.32 Å². The number of carbonyl (C=O) groups excluding carboxylic acids is 1. The van der Waals surface area contributed by atoms with E-state index in [1.807, 2.05) is 68.0 Å². The lowest BCUT2D eigenvalue weighted by Gasteiger charge is -2.23. The van der Waals surface area contributed by atoms with Crippen LogP contribution >= 0.6 is 0 Å². The number of benzene rings is 2. The van der Waals surface area contributed by atoms with Crippen molar-refractivity contribution in [3.8, 4) is 22.4 Å². The quantitative estimate of drug-likeness (QED) is 0.657. The van der Waals surface area contributed by atoms with E-state index in [1.165, 1.54) is 0 Å². The summed E-state index contributed by atoms with van der Waals surface area (Å²) < 4.78 is 2.00. The Morgan fingerprint density at radius 3 is 2.11 bits per heavy atom. The zero-order chi connectivity index (χ0) is 20.5. The van der Waals surface area contributed by atoms with Gasteiger partial charge in [-0.1, -0.05) is 30.3 Å². The van der Waals surface area contributed by atoms with Gasteiger partial charge in [0, 0.05) is 22.9 Å². The van der Waals surface area contributed by atoms with Gasteiger partial charge in [-0.05, 0) is 76.9 Å². The second-order valence-corrected chi connectivity index (χ2v) is 9.17. The maximum Gasteiger partial charge on any atom is 0.251 e. The van der Waals surface area contributed by atoms with E-state index < -0.39 is 0 Å². The van der Waals surface area contributed by atoms with E-state index >= 15 is 0 Å². The van der Waals surface area contributed by atoms with E-state index in [2.05, 4.69) is 49.4 Å². The smallest absolute Gasteiger partial charge is 0.251 e. The van der Waals surface area contributed by atoms with Crippen molar-refractivity contribution in [1.29, 1.82) is 0 Å². The molecule has 0 fully saturated rings. The number of aromatic nitrogens is 2.